The Labute approximate surface area is 122 Å². The van der Waals surface area contributed by atoms with Gasteiger partial charge in [0.25, 0.3) is 0 Å². The van der Waals surface area contributed by atoms with Crippen LogP contribution in [0.3, 0.4) is 0 Å². The number of aliphatic carboxylic acids is 1. The van der Waals surface area contributed by atoms with Crippen LogP contribution in [0.1, 0.15) is 38.2 Å². The van der Waals surface area contributed by atoms with Crippen LogP contribution in [0.5, 0.6) is 0 Å². The van der Waals surface area contributed by atoms with Gasteiger partial charge in [-0.1, -0.05) is 47.5 Å². The third kappa shape index (κ3) is 2.84. The van der Waals surface area contributed by atoms with E-state index in [2.05, 4.69) is 33.8 Å². The predicted octanol–water partition coefficient (Wildman–Crippen LogP) is 3.67. The van der Waals surface area contributed by atoms with Gasteiger partial charge in [0.1, 0.15) is 5.54 Å². The fraction of sp³-hybridized carbons (Fsp3) is 0.533. The highest BCUT2D eigenvalue weighted by Crippen LogP contribution is 2.36. The number of carboxylic acids is 1. The number of benzene rings is 1. The van der Waals surface area contributed by atoms with Gasteiger partial charge in [0.15, 0.2) is 0 Å². The van der Waals surface area contributed by atoms with Crippen molar-refractivity contribution < 1.29 is 9.90 Å². The van der Waals surface area contributed by atoms with Crippen LogP contribution in [-0.4, -0.2) is 28.1 Å². The molecule has 2 rings (SSSR count). The van der Waals surface area contributed by atoms with Gasteiger partial charge < -0.3 is 5.11 Å². The Morgan fingerprint density at radius 1 is 1.47 bits per heavy atom. The number of nitrogens with zero attached hydrogens (tertiary/aromatic N) is 1. The van der Waals surface area contributed by atoms with E-state index in [1.807, 2.05) is 18.2 Å². The van der Waals surface area contributed by atoms with Crippen molar-refractivity contribution in [1.29, 1.82) is 0 Å². The van der Waals surface area contributed by atoms with Gasteiger partial charge in [-0.15, -0.1) is 0 Å². The molecule has 0 aliphatic carbocycles. The molecule has 0 aromatic heterocycles. The predicted molar refractivity (Wildman–Crippen MR) is 79.1 cm³/mol. The van der Waals surface area contributed by atoms with Crippen molar-refractivity contribution in [2.45, 2.75) is 44.7 Å². The summed E-state index contributed by atoms with van der Waals surface area (Å²) in [5.74, 6) is -0.668. The summed E-state index contributed by atoms with van der Waals surface area (Å²) in [6, 6.07) is 8.04. The molecule has 0 radical (unpaired) electrons. The van der Waals surface area contributed by atoms with E-state index >= 15 is 0 Å². The maximum Gasteiger partial charge on any atom is 0.324 e. The lowest BCUT2D eigenvalue weighted by molar-refractivity contribution is -0.150. The van der Waals surface area contributed by atoms with Crippen LogP contribution >= 0.6 is 15.9 Å². The topological polar surface area (TPSA) is 40.5 Å². The van der Waals surface area contributed by atoms with E-state index in [1.54, 1.807) is 0 Å². The molecule has 1 heterocycles. The molecule has 1 N–H and O–H groups in total. The van der Waals surface area contributed by atoms with Crippen molar-refractivity contribution in [1.82, 2.24) is 4.90 Å². The summed E-state index contributed by atoms with van der Waals surface area (Å²) in [5.41, 5.74) is 0.496. The van der Waals surface area contributed by atoms with Crippen LogP contribution < -0.4 is 0 Å². The molecule has 19 heavy (non-hydrogen) atoms. The van der Waals surface area contributed by atoms with Crippen LogP contribution in [0.25, 0.3) is 0 Å². The van der Waals surface area contributed by atoms with Crippen molar-refractivity contribution in [3.05, 3.63) is 34.3 Å². The Morgan fingerprint density at radius 2 is 2.21 bits per heavy atom. The average molecular weight is 326 g/mol. The smallest absolute Gasteiger partial charge is 0.324 e. The largest absolute Gasteiger partial charge is 0.480 e. The summed E-state index contributed by atoms with van der Waals surface area (Å²) in [5, 5.41) is 9.66. The van der Waals surface area contributed by atoms with Crippen LogP contribution in [0.4, 0.5) is 0 Å². The van der Waals surface area contributed by atoms with Crippen molar-refractivity contribution in [2.24, 2.45) is 0 Å². The Kier molecular flexibility index (Phi) is 4.63. The molecule has 1 unspecified atom stereocenters. The lowest BCUT2D eigenvalue weighted by Crippen LogP contribution is -2.50. The standard InChI is InChI=1S/C15H20BrNO2/c1-2-8-15(14(18)19)9-5-10-17(15)11-12-6-3-4-7-13(12)16/h3-4,6-7H,2,5,8-11H2,1H3,(H,18,19). The zero-order valence-electron chi connectivity index (χ0n) is 11.2. The molecular formula is C15H20BrNO2. The van der Waals surface area contributed by atoms with Gasteiger partial charge in [-0.25, -0.2) is 0 Å². The lowest BCUT2D eigenvalue weighted by atomic mass is 9.90. The van der Waals surface area contributed by atoms with Gasteiger partial charge in [0, 0.05) is 11.0 Å². The first-order valence-corrected chi connectivity index (χ1v) is 7.61. The first-order valence-electron chi connectivity index (χ1n) is 6.82. The highest BCUT2D eigenvalue weighted by atomic mass is 79.9. The van der Waals surface area contributed by atoms with E-state index in [4.69, 9.17) is 0 Å². The monoisotopic (exact) mass is 325 g/mol. The quantitative estimate of drug-likeness (QED) is 0.897. The molecule has 1 aromatic rings. The summed E-state index contributed by atoms with van der Waals surface area (Å²) >= 11 is 3.54. The number of carbonyl (C=O) groups is 1. The lowest BCUT2D eigenvalue weighted by Gasteiger charge is -2.34. The average Bonchev–Trinajstić information content (AvgIpc) is 2.77. The van der Waals surface area contributed by atoms with E-state index in [9.17, 15) is 9.90 Å². The summed E-state index contributed by atoms with van der Waals surface area (Å²) in [6.45, 7) is 3.63. The maximum atomic E-state index is 11.7. The van der Waals surface area contributed by atoms with E-state index in [1.165, 1.54) is 0 Å². The van der Waals surface area contributed by atoms with E-state index in [0.29, 0.717) is 6.54 Å². The van der Waals surface area contributed by atoms with Crippen molar-refractivity contribution >= 4 is 21.9 Å². The molecule has 1 aliphatic heterocycles. The zero-order chi connectivity index (χ0) is 13.9. The second kappa shape index (κ2) is 6.06. The number of halogens is 1. The Hall–Kier alpha value is -0.870. The second-order valence-corrected chi connectivity index (χ2v) is 6.06. The van der Waals surface area contributed by atoms with Crippen molar-refractivity contribution in [3.8, 4) is 0 Å². The number of rotatable bonds is 5. The molecule has 1 atom stereocenters. The first-order chi connectivity index (χ1) is 9.10. The number of carboxylic acid groups (broad SMARTS) is 1. The normalized spacial score (nSPS) is 23.7. The molecule has 1 saturated heterocycles. The molecule has 4 heteroatoms. The van der Waals surface area contributed by atoms with Gasteiger partial charge in [-0.3, -0.25) is 9.69 Å². The van der Waals surface area contributed by atoms with Gasteiger partial charge in [-0.05, 0) is 37.4 Å². The Balaban J connectivity index is 2.23. The highest BCUT2D eigenvalue weighted by molar-refractivity contribution is 9.10. The van der Waals surface area contributed by atoms with Crippen LogP contribution in [-0.2, 0) is 11.3 Å². The number of hydrogen-bond donors (Lipinski definition) is 1. The van der Waals surface area contributed by atoms with Gasteiger partial charge in [0.05, 0.1) is 0 Å². The molecule has 0 spiro atoms. The fourth-order valence-electron chi connectivity index (χ4n) is 3.04. The summed E-state index contributed by atoms with van der Waals surface area (Å²) < 4.78 is 1.05. The van der Waals surface area contributed by atoms with Gasteiger partial charge >= 0.3 is 5.97 Å². The third-order valence-electron chi connectivity index (χ3n) is 4.00. The minimum absolute atomic E-state index is 0.663. The molecule has 0 bridgehead atoms. The molecule has 1 fully saturated rings. The number of likely N-dealkylation sites (tertiary alicyclic amines) is 1. The van der Waals surface area contributed by atoms with Gasteiger partial charge in [-0.2, -0.15) is 0 Å². The second-order valence-electron chi connectivity index (χ2n) is 5.20. The Morgan fingerprint density at radius 3 is 2.84 bits per heavy atom. The molecule has 0 saturated carbocycles. The number of hydrogen-bond acceptors (Lipinski definition) is 2. The fourth-order valence-corrected chi connectivity index (χ4v) is 3.45. The minimum Gasteiger partial charge on any atom is -0.480 e. The summed E-state index contributed by atoms with van der Waals surface area (Å²) in [7, 11) is 0. The van der Waals surface area contributed by atoms with Crippen molar-refractivity contribution in [2.75, 3.05) is 6.54 Å². The third-order valence-corrected chi connectivity index (χ3v) is 4.78. The van der Waals surface area contributed by atoms with E-state index in [0.717, 1.165) is 42.3 Å². The molecule has 3 nitrogen and oxygen atoms in total. The molecule has 104 valence electrons. The molecule has 1 aromatic carbocycles. The molecular weight excluding hydrogens is 306 g/mol. The summed E-state index contributed by atoms with van der Waals surface area (Å²) in [4.78, 5) is 13.9. The highest BCUT2D eigenvalue weighted by Gasteiger charge is 2.46. The Bertz CT molecular complexity index is 463. The van der Waals surface area contributed by atoms with E-state index < -0.39 is 11.5 Å². The first kappa shape index (κ1) is 14.5. The zero-order valence-corrected chi connectivity index (χ0v) is 12.8. The molecule has 1 aliphatic rings. The van der Waals surface area contributed by atoms with Crippen LogP contribution in [0.2, 0.25) is 0 Å². The van der Waals surface area contributed by atoms with E-state index in [-0.39, 0.29) is 0 Å². The molecule has 0 amide bonds. The van der Waals surface area contributed by atoms with Crippen LogP contribution in [0, 0.1) is 0 Å². The maximum absolute atomic E-state index is 11.7. The minimum atomic E-state index is -0.668. The van der Waals surface area contributed by atoms with Crippen LogP contribution in [0.15, 0.2) is 28.7 Å². The SMILES string of the molecule is CCCC1(C(=O)O)CCCN1Cc1ccccc1Br. The van der Waals surface area contributed by atoms with Crippen molar-refractivity contribution in [3.63, 3.8) is 0 Å². The summed E-state index contributed by atoms with van der Waals surface area (Å²) in [6.07, 6.45) is 3.36. The van der Waals surface area contributed by atoms with Gasteiger partial charge in [0.2, 0.25) is 0 Å².